The molecule has 0 radical (unpaired) electrons. The first kappa shape index (κ1) is 18.3. The summed E-state index contributed by atoms with van der Waals surface area (Å²) in [7, 11) is 0. The Balaban J connectivity index is 2.30. The lowest BCUT2D eigenvalue weighted by Gasteiger charge is -2.12. The van der Waals surface area contributed by atoms with Crippen molar-refractivity contribution in [3.8, 4) is 11.5 Å². The second kappa shape index (κ2) is 9.29. The summed E-state index contributed by atoms with van der Waals surface area (Å²) in [4.78, 5) is 33.4. The summed E-state index contributed by atoms with van der Waals surface area (Å²) in [6.07, 6.45) is -1.15. The Bertz CT molecular complexity index is 543. The number of benzene rings is 1. The van der Waals surface area contributed by atoms with Crippen LogP contribution in [-0.4, -0.2) is 37.2 Å². The van der Waals surface area contributed by atoms with Crippen molar-refractivity contribution in [3.63, 3.8) is 0 Å². The lowest BCUT2D eigenvalue weighted by atomic mass is 10.3. The zero-order chi connectivity index (χ0) is 17.2. The van der Waals surface area contributed by atoms with Gasteiger partial charge in [0.1, 0.15) is 11.5 Å². The van der Waals surface area contributed by atoms with Gasteiger partial charge in [0.25, 0.3) is 5.91 Å². The van der Waals surface area contributed by atoms with Crippen LogP contribution in [0.2, 0.25) is 0 Å². The van der Waals surface area contributed by atoms with Crippen LogP contribution in [-0.2, 0) is 14.3 Å². The molecule has 0 bridgehead atoms. The maximum atomic E-state index is 11.6. The molecule has 0 saturated heterocycles. The van der Waals surface area contributed by atoms with E-state index in [1.54, 1.807) is 24.3 Å². The molecule has 0 heterocycles. The number of nitrogens with one attached hydrogen (secondary N) is 1. The zero-order valence-corrected chi connectivity index (χ0v) is 13.0. The molecule has 1 atom stereocenters. The molecule has 0 aliphatic heterocycles. The van der Waals surface area contributed by atoms with Crippen molar-refractivity contribution >= 4 is 17.9 Å². The Labute approximate surface area is 133 Å². The Hall–Kier alpha value is -2.77. The van der Waals surface area contributed by atoms with Crippen molar-refractivity contribution in [2.75, 3.05) is 13.2 Å². The second-order valence-corrected chi connectivity index (χ2v) is 4.49. The van der Waals surface area contributed by atoms with Crippen LogP contribution in [0, 0.1) is 0 Å². The van der Waals surface area contributed by atoms with E-state index in [0.29, 0.717) is 12.4 Å². The van der Waals surface area contributed by atoms with Crippen LogP contribution in [0.3, 0.4) is 0 Å². The van der Waals surface area contributed by atoms with Gasteiger partial charge in [0, 0.05) is 0 Å². The van der Waals surface area contributed by atoms with Gasteiger partial charge in [-0.2, -0.15) is 0 Å². The van der Waals surface area contributed by atoms with Crippen molar-refractivity contribution in [2.45, 2.75) is 26.4 Å². The van der Waals surface area contributed by atoms with Gasteiger partial charge in [-0.05, 0) is 38.1 Å². The second-order valence-electron chi connectivity index (χ2n) is 4.49. The summed E-state index contributed by atoms with van der Waals surface area (Å²) in [6.45, 7) is 3.90. The number of carbonyl (C=O) groups excluding carboxylic acids is 3. The fourth-order valence-corrected chi connectivity index (χ4v) is 1.58. The Morgan fingerprint density at radius 1 is 1.13 bits per heavy atom. The third kappa shape index (κ3) is 7.16. The van der Waals surface area contributed by atoms with Crippen molar-refractivity contribution in [3.05, 3.63) is 24.3 Å². The number of imide groups is 1. The van der Waals surface area contributed by atoms with Crippen molar-refractivity contribution in [1.82, 2.24) is 5.32 Å². The van der Waals surface area contributed by atoms with Crippen LogP contribution in [0.4, 0.5) is 4.79 Å². The third-order valence-electron chi connectivity index (χ3n) is 2.63. The highest BCUT2D eigenvalue weighted by Gasteiger charge is 2.18. The molecule has 3 N–H and O–H groups in total. The van der Waals surface area contributed by atoms with Crippen LogP contribution >= 0.6 is 0 Å². The van der Waals surface area contributed by atoms with E-state index in [1.807, 2.05) is 12.2 Å². The number of hydrogen-bond donors (Lipinski definition) is 2. The molecule has 8 heteroatoms. The minimum atomic E-state index is -1.11. The number of amides is 3. The number of rotatable bonds is 8. The largest absolute Gasteiger partial charge is 0.494 e. The first-order valence-electron chi connectivity index (χ1n) is 7.07. The maximum absolute atomic E-state index is 11.6. The van der Waals surface area contributed by atoms with E-state index in [2.05, 4.69) is 0 Å². The molecule has 0 aromatic heterocycles. The van der Waals surface area contributed by atoms with Crippen molar-refractivity contribution < 1.29 is 28.6 Å². The highest BCUT2D eigenvalue weighted by atomic mass is 16.6. The van der Waals surface area contributed by atoms with E-state index >= 15 is 0 Å². The number of nitrogens with two attached hydrogens (primary N) is 1. The number of carbonyl (C=O) groups is 3. The van der Waals surface area contributed by atoms with Gasteiger partial charge < -0.3 is 19.9 Å². The Morgan fingerprint density at radius 3 is 2.22 bits per heavy atom. The van der Waals surface area contributed by atoms with Crippen molar-refractivity contribution in [2.24, 2.45) is 5.73 Å². The number of urea groups is 1. The molecule has 1 aromatic carbocycles. The standard InChI is InChI=1S/C15H20N2O6/c1-3-21-11-4-6-12(7-5-11)22-9-8-13(18)23-10(2)14(19)17-15(16)20/h4-7,10H,3,8-9H2,1-2H3,(H3,16,17,19,20)/t10-/m0/s1. The van der Waals surface area contributed by atoms with Crippen molar-refractivity contribution in [1.29, 1.82) is 0 Å². The molecule has 0 aliphatic rings. The molecule has 0 aliphatic carbocycles. The summed E-state index contributed by atoms with van der Waals surface area (Å²) in [6, 6.07) is 5.95. The summed E-state index contributed by atoms with van der Waals surface area (Å²) in [5, 5.41) is 1.83. The first-order valence-corrected chi connectivity index (χ1v) is 7.07. The Kier molecular flexibility index (Phi) is 7.38. The zero-order valence-electron chi connectivity index (χ0n) is 13.0. The molecule has 8 nitrogen and oxygen atoms in total. The number of hydrogen-bond acceptors (Lipinski definition) is 6. The van der Waals surface area contributed by atoms with Crippen LogP contribution in [0.5, 0.6) is 11.5 Å². The monoisotopic (exact) mass is 324 g/mol. The molecule has 23 heavy (non-hydrogen) atoms. The third-order valence-corrected chi connectivity index (χ3v) is 2.63. The van der Waals surface area contributed by atoms with Gasteiger partial charge in [-0.1, -0.05) is 0 Å². The van der Waals surface area contributed by atoms with Gasteiger partial charge in [-0.25, -0.2) is 4.79 Å². The van der Waals surface area contributed by atoms with Crippen LogP contribution in [0.25, 0.3) is 0 Å². The lowest BCUT2D eigenvalue weighted by Crippen LogP contribution is -2.42. The van der Waals surface area contributed by atoms with Gasteiger partial charge in [0.15, 0.2) is 6.10 Å². The molecule has 0 saturated carbocycles. The summed E-state index contributed by atoms with van der Waals surface area (Å²) < 4.78 is 15.5. The molecular formula is C15H20N2O6. The molecule has 1 rings (SSSR count). The predicted octanol–water partition coefficient (Wildman–Crippen LogP) is 0.981. The highest BCUT2D eigenvalue weighted by Crippen LogP contribution is 2.17. The number of esters is 1. The van der Waals surface area contributed by atoms with Gasteiger partial charge in [-0.3, -0.25) is 14.9 Å². The van der Waals surface area contributed by atoms with Gasteiger partial charge in [0.05, 0.1) is 19.6 Å². The number of primary amides is 1. The first-order chi connectivity index (χ1) is 10.9. The van der Waals surface area contributed by atoms with Crippen LogP contribution in [0.15, 0.2) is 24.3 Å². The average molecular weight is 324 g/mol. The maximum Gasteiger partial charge on any atom is 0.318 e. The molecule has 3 amide bonds. The molecule has 0 fully saturated rings. The fraction of sp³-hybridized carbons (Fsp3) is 0.400. The van der Waals surface area contributed by atoms with E-state index in [-0.39, 0.29) is 13.0 Å². The molecule has 0 unspecified atom stereocenters. The minimum Gasteiger partial charge on any atom is -0.494 e. The average Bonchev–Trinajstić information content (AvgIpc) is 2.48. The fourth-order valence-electron chi connectivity index (χ4n) is 1.58. The van der Waals surface area contributed by atoms with E-state index < -0.39 is 24.0 Å². The molecule has 0 spiro atoms. The van der Waals surface area contributed by atoms with Crippen LogP contribution in [0.1, 0.15) is 20.3 Å². The predicted molar refractivity (Wildman–Crippen MR) is 81.0 cm³/mol. The van der Waals surface area contributed by atoms with Gasteiger partial charge in [-0.15, -0.1) is 0 Å². The quantitative estimate of drug-likeness (QED) is 0.688. The lowest BCUT2D eigenvalue weighted by molar-refractivity contribution is -0.154. The molecule has 1 aromatic rings. The summed E-state index contributed by atoms with van der Waals surface area (Å²) in [5.74, 6) is -0.0874. The summed E-state index contributed by atoms with van der Waals surface area (Å²) in [5.41, 5.74) is 4.80. The van der Waals surface area contributed by atoms with E-state index in [9.17, 15) is 14.4 Å². The van der Waals surface area contributed by atoms with Gasteiger partial charge >= 0.3 is 12.0 Å². The molecular weight excluding hydrogens is 304 g/mol. The van der Waals surface area contributed by atoms with Gasteiger partial charge in [0.2, 0.25) is 0 Å². The SMILES string of the molecule is CCOc1ccc(OCCC(=O)O[C@@H](C)C(=O)NC(N)=O)cc1. The Morgan fingerprint density at radius 2 is 1.70 bits per heavy atom. The van der Waals surface area contributed by atoms with E-state index in [4.69, 9.17) is 19.9 Å². The van der Waals surface area contributed by atoms with E-state index in [1.165, 1.54) is 6.92 Å². The summed E-state index contributed by atoms with van der Waals surface area (Å²) >= 11 is 0. The highest BCUT2D eigenvalue weighted by molar-refractivity contribution is 5.96. The van der Waals surface area contributed by atoms with E-state index in [0.717, 1.165) is 5.75 Å². The molecule has 126 valence electrons. The minimum absolute atomic E-state index is 0.0403. The smallest absolute Gasteiger partial charge is 0.318 e. The normalized spacial score (nSPS) is 11.2. The topological polar surface area (TPSA) is 117 Å². The number of ether oxygens (including phenoxy) is 3. The van der Waals surface area contributed by atoms with Crippen LogP contribution < -0.4 is 20.5 Å².